The molecule has 1 fully saturated rings. The van der Waals surface area contributed by atoms with E-state index in [1.165, 1.54) is 27.1 Å². The van der Waals surface area contributed by atoms with Crippen LogP contribution in [0.1, 0.15) is 35.1 Å². The molecule has 2 N–H and O–H groups in total. The highest BCUT2D eigenvalue weighted by atomic mass is 32.2. The van der Waals surface area contributed by atoms with Gasteiger partial charge in [0.15, 0.2) is 5.96 Å². The van der Waals surface area contributed by atoms with E-state index in [4.69, 9.17) is 9.47 Å². The Kier molecular flexibility index (Phi) is 9.05. The summed E-state index contributed by atoms with van der Waals surface area (Å²) in [5.74, 6) is 0.798. The van der Waals surface area contributed by atoms with Gasteiger partial charge in [-0.1, -0.05) is 36.4 Å². The van der Waals surface area contributed by atoms with Crippen LogP contribution in [-0.4, -0.2) is 38.6 Å². The van der Waals surface area contributed by atoms with Gasteiger partial charge in [-0.25, -0.2) is 0 Å². The van der Waals surface area contributed by atoms with Crippen molar-refractivity contribution in [3.8, 4) is 0 Å². The van der Waals surface area contributed by atoms with Gasteiger partial charge >= 0.3 is 0 Å². The summed E-state index contributed by atoms with van der Waals surface area (Å²) in [7, 11) is 1.80. The molecular weight excluding hydrogens is 394 g/mol. The van der Waals surface area contributed by atoms with Crippen LogP contribution in [-0.2, 0) is 29.2 Å². The first kappa shape index (κ1) is 22.7. The predicted molar refractivity (Wildman–Crippen MR) is 125 cm³/mol. The van der Waals surface area contributed by atoms with Gasteiger partial charge in [-0.3, -0.25) is 4.99 Å². The fraction of sp³-hybridized carbons (Fsp3) is 0.458. The second kappa shape index (κ2) is 12.0. The van der Waals surface area contributed by atoms with Crippen LogP contribution >= 0.6 is 11.8 Å². The van der Waals surface area contributed by atoms with Gasteiger partial charge in [0.25, 0.3) is 0 Å². The number of aliphatic imine (C=N–C) groups is 1. The minimum atomic E-state index is 0.316. The van der Waals surface area contributed by atoms with E-state index in [9.17, 15) is 0 Å². The highest BCUT2D eigenvalue weighted by molar-refractivity contribution is 7.98. The lowest BCUT2D eigenvalue weighted by Gasteiger charge is -2.22. The molecule has 6 heteroatoms. The first-order valence-corrected chi connectivity index (χ1v) is 11.8. The minimum absolute atomic E-state index is 0.316. The van der Waals surface area contributed by atoms with Gasteiger partial charge in [0.05, 0.1) is 12.7 Å². The molecule has 0 aromatic heterocycles. The molecular formula is C24H33N3O2S. The molecule has 0 spiro atoms. The number of hydrogen-bond donors (Lipinski definition) is 2. The first-order valence-electron chi connectivity index (χ1n) is 10.5. The summed E-state index contributed by atoms with van der Waals surface area (Å²) < 4.78 is 11.4. The number of aryl methyl sites for hydroxylation is 1. The number of nitrogens with zero attached hydrogens (tertiary/aromatic N) is 1. The molecule has 2 aromatic carbocycles. The fourth-order valence-electron chi connectivity index (χ4n) is 3.47. The van der Waals surface area contributed by atoms with Crippen molar-refractivity contribution < 1.29 is 9.47 Å². The van der Waals surface area contributed by atoms with Crippen molar-refractivity contribution in [3.05, 3.63) is 64.7 Å². The SMILES string of the molecule is CN=C(NCc1cccc(COC2CCOCC2)c1)NCc1ccc(C)cc1SC. The summed E-state index contributed by atoms with van der Waals surface area (Å²) in [5, 5.41) is 6.83. The zero-order valence-corrected chi connectivity index (χ0v) is 19.1. The monoisotopic (exact) mass is 427 g/mol. The Hall–Kier alpha value is -2.02. The average Bonchev–Trinajstić information content (AvgIpc) is 2.79. The lowest BCUT2D eigenvalue weighted by molar-refractivity contribution is -0.0390. The Bertz CT molecular complexity index is 835. The molecule has 0 unspecified atom stereocenters. The summed E-state index contributed by atoms with van der Waals surface area (Å²) in [6.45, 7) is 5.85. The highest BCUT2D eigenvalue weighted by Gasteiger charge is 2.14. The molecule has 162 valence electrons. The molecule has 5 nitrogen and oxygen atoms in total. The van der Waals surface area contributed by atoms with Crippen LogP contribution in [0.25, 0.3) is 0 Å². The maximum absolute atomic E-state index is 6.05. The van der Waals surface area contributed by atoms with Crippen molar-refractivity contribution in [3.63, 3.8) is 0 Å². The molecule has 0 amide bonds. The van der Waals surface area contributed by atoms with E-state index in [1.54, 1.807) is 18.8 Å². The first-order chi connectivity index (χ1) is 14.7. The summed E-state index contributed by atoms with van der Waals surface area (Å²) >= 11 is 1.78. The molecule has 1 aliphatic heterocycles. The van der Waals surface area contributed by atoms with Crippen LogP contribution in [0.3, 0.4) is 0 Å². The summed E-state index contributed by atoms with van der Waals surface area (Å²) in [6, 6.07) is 15.1. The molecule has 30 heavy (non-hydrogen) atoms. The van der Waals surface area contributed by atoms with Crippen molar-refractivity contribution in [2.45, 2.75) is 50.5 Å². The van der Waals surface area contributed by atoms with Crippen molar-refractivity contribution in [1.82, 2.24) is 10.6 Å². The van der Waals surface area contributed by atoms with Gasteiger partial charge in [0.2, 0.25) is 0 Å². The van der Waals surface area contributed by atoms with Crippen LogP contribution in [0.2, 0.25) is 0 Å². The molecule has 0 aliphatic carbocycles. The lowest BCUT2D eigenvalue weighted by atomic mass is 10.1. The third kappa shape index (κ3) is 7.04. The van der Waals surface area contributed by atoms with Crippen LogP contribution in [0, 0.1) is 6.92 Å². The van der Waals surface area contributed by atoms with Gasteiger partial charge in [-0.2, -0.15) is 0 Å². The average molecular weight is 428 g/mol. The molecule has 0 bridgehead atoms. The third-order valence-corrected chi connectivity index (χ3v) is 6.04. The number of benzene rings is 2. The Morgan fingerprint density at radius 1 is 1.10 bits per heavy atom. The van der Waals surface area contributed by atoms with Crippen LogP contribution in [0.5, 0.6) is 0 Å². The van der Waals surface area contributed by atoms with Gasteiger partial charge in [0.1, 0.15) is 0 Å². The Morgan fingerprint density at radius 2 is 1.87 bits per heavy atom. The Morgan fingerprint density at radius 3 is 2.63 bits per heavy atom. The maximum atomic E-state index is 6.05. The largest absolute Gasteiger partial charge is 0.381 e. The van der Waals surface area contributed by atoms with Crippen LogP contribution in [0.15, 0.2) is 52.4 Å². The van der Waals surface area contributed by atoms with Crippen molar-refractivity contribution >= 4 is 17.7 Å². The van der Waals surface area contributed by atoms with Gasteiger partial charge in [-0.05, 0) is 54.3 Å². The number of hydrogen-bond acceptors (Lipinski definition) is 4. The Labute approximate surface area is 184 Å². The number of thioether (sulfide) groups is 1. The third-order valence-electron chi connectivity index (χ3n) is 5.22. The second-order valence-corrected chi connectivity index (χ2v) is 8.39. The van der Waals surface area contributed by atoms with E-state index >= 15 is 0 Å². The molecule has 1 saturated heterocycles. The minimum Gasteiger partial charge on any atom is -0.381 e. The van der Waals surface area contributed by atoms with E-state index in [0.29, 0.717) is 19.3 Å². The Balaban J connectivity index is 1.48. The number of guanidine groups is 1. The zero-order valence-electron chi connectivity index (χ0n) is 18.2. The highest BCUT2D eigenvalue weighted by Crippen LogP contribution is 2.21. The summed E-state index contributed by atoms with van der Waals surface area (Å²) in [6.07, 6.45) is 4.41. The molecule has 2 aromatic rings. The van der Waals surface area contributed by atoms with Crippen molar-refractivity contribution in [2.75, 3.05) is 26.5 Å². The number of nitrogens with one attached hydrogen (secondary N) is 2. The summed E-state index contributed by atoms with van der Waals surface area (Å²) in [5.41, 5.74) is 4.98. The molecule has 3 rings (SSSR count). The standard InChI is InChI=1S/C24H33N3O2S/c1-18-7-8-21(23(13-18)30-3)16-27-24(25-2)26-15-19-5-4-6-20(14-19)17-29-22-9-11-28-12-10-22/h4-8,13-14,22H,9-12,15-17H2,1-3H3,(H2,25,26,27). The molecule has 1 heterocycles. The molecule has 1 aliphatic rings. The maximum Gasteiger partial charge on any atom is 0.191 e. The number of ether oxygens (including phenoxy) is 2. The van der Waals surface area contributed by atoms with Gasteiger partial charge in [-0.15, -0.1) is 11.8 Å². The quantitative estimate of drug-likeness (QED) is 0.374. The fourth-order valence-corrected chi connectivity index (χ4v) is 4.18. The molecule has 0 saturated carbocycles. The van der Waals surface area contributed by atoms with Gasteiger partial charge in [0, 0.05) is 38.2 Å². The zero-order chi connectivity index (χ0) is 21.2. The molecule has 0 atom stereocenters. The van der Waals surface area contributed by atoms with E-state index < -0.39 is 0 Å². The lowest BCUT2D eigenvalue weighted by Crippen LogP contribution is -2.36. The molecule has 0 radical (unpaired) electrons. The van der Waals surface area contributed by atoms with E-state index in [1.807, 2.05) is 0 Å². The van der Waals surface area contributed by atoms with Crippen LogP contribution in [0.4, 0.5) is 0 Å². The normalized spacial score (nSPS) is 15.2. The second-order valence-electron chi connectivity index (χ2n) is 7.54. The topological polar surface area (TPSA) is 54.9 Å². The predicted octanol–water partition coefficient (Wildman–Crippen LogP) is 4.28. The van der Waals surface area contributed by atoms with E-state index in [-0.39, 0.29) is 0 Å². The van der Waals surface area contributed by atoms with Crippen molar-refractivity contribution in [2.24, 2.45) is 4.99 Å². The van der Waals surface area contributed by atoms with Crippen molar-refractivity contribution in [1.29, 1.82) is 0 Å². The van der Waals surface area contributed by atoms with E-state index in [0.717, 1.165) is 38.6 Å². The number of rotatable bonds is 8. The van der Waals surface area contributed by atoms with Crippen LogP contribution < -0.4 is 10.6 Å². The summed E-state index contributed by atoms with van der Waals surface area (Å²) in [4.78, 5) is 5.66. The smallest absolute Gasteiger partial charge is 0.191 e. The van der Waals surface area contributed by atoms with E-state index in [2.05, 4.69) is 71.3 Å². The van der Waals surface area contributed by atoms with Gasteiger partial charge < -0.3 is 20.1 Å².